The third-order valence-electron chi connectivity index (χ3n) is 4.31. The topological polar surface area (TPSA) is 64.9 Å². The van der Waals surface area contributed by atoms with Gasteiger partial charge in [0.15, 0.2) is 16.1 Å². The van der Waals surface area contributed by atoms with Crippen molar-refractivity contribution in [3.63, 3.8) is 0 Å². The summed E-state index contributed by atoms with van der Waals surface area (Å²) in [7, 11) is 1.67. The molecule has 4 aromatic rings. The van der Waals surface area contributed by atoms with E-state index in [0.717, 1.165) is 51.1 Å². The molecule has 0 spiro atoms. The van der Waals surface area contributed by atoms with E-state index in [1.807, 2.05) is 54.6 Å². The monoisotopic (exact) mass is 423 g/mol. The summed E-state index contributed by atoms with van der Waals surface area (Å²) in [6, 6.07) is 17.9. The van der Waals surface area contributed by atoms with Gasteiger partial charge in [0.25, 0.3) is 0 Å². The van der Waals surface area contributed by atoms with Crippen LogP contribution in [0, 0.1) is 0 Å². The van der Waals surface area contributed by atoms with Crippen molar-refractivity contribution in [3.8, 4) is 17.1 Å². The third-order valence-corrected chi connectivity index (χ3v) is 6.11. The van der Waals surface area contributed by atoms with Crippen molar-refractivity contribution in [3.05, 3.63) is 65.7 Å². The fourth-order valence-electron chi connectivity index (χ4n) is 2.92. The molecule has 2 aromatic carbocycles. The van der Waals surface area contributed by atoms with Crippen molar-refractivity contribution < 1.29 is 4.74 Å². The van der Waals surface area contributed by atoms with E-state index in [2.05, 4.69) is 37.4 Å². The number of rotatable bonds is 8. The zero-order chi connectivity index (χ0) is 20.1. The van der Waals surface area contributed by atoms with Crippen molar-refractivity contribution >= 4 is 33.9 Å². The average molecular weight is 424 g/mol. The molecule has 0 unspecified atom stereocenters. The largest absolute Gasteiger partial charge is 0.496 e. The van der Waals surface area contributed by atoms with Crippen LogP contribution in [0.2, 0.25) is 0 Å². The quantitative estimate of drug-likeness (QED) is 0.379. The van der Waals surface area contributed by atoms with E-state index >= 15 is 0 Å². The first-order valence-electron chi connectivity index (χ1n) is 9.24. The smallest absolute Gasteiger partial charge is 0.191 e. The lowest BCUT2D eigenvalue weighted by Crippen LogP contribution is -2.01. The van der Waals surface area contributed by atoms with E-state index in [1.165, 1.54) is 0 Å². The normalized spacial score (nSPS) is 10.8. The standard InChI is InChI=1S/C21H21N5OS2/c1-3-26-19(17-11-7-8-12-18(17)27-2)24-25-21(26)29-14-16-13-28-20(23-16)22-15-9-5-4-6-10-15/h4-13H,3,14H2,1-2H3,(H,22,23). The fraction of sp³-hybridized carbons (Fsp3) is 0.190. The van der Waals surface area contributed by atoms with Gasteiger partial charge in [0, 0.05) is 23.4 Å². The Morgan fingerprint density at radius 1 is 1.07 bits per heavy atom. The van der Waals surface area contributed by atoms with Gasteiger partial charge in [-0.3, -0.25) is 0 Å². The Labute approximate surface area is 178 Å². The predicted octanol–water partition coefficient (Wildman–Crippen LogP) is 5.47. The molecule has 0 aliphatic heterocycles. The Morgan fingerprint density at radius 3 is 2.66 bits per heavy atom. The summed E-state index contributed by atoms with van der Waals surface area (Å²) in [5.41, 5.74) is 3.00. The molecule has 0 bridgehead atoms. The number of thioether (sulfide) groups is 1. The number of anilines is 2. The maximum absolute atomic E-state index is 5.49. The van der Waals surface area contributed by atoms with Crippen LogP contribution < -0.4 is 10.1 Å². The molecule has 0 amide bonds. The highest BCUT2D eigenvalue weighted by molar-refractivity contribution is 7.98. The molecular formula is C21H21N5OS2. The van der Waals surface area contributed by atoms with Crippen LogP contribution in [-0.2, 0) is 12.3 Å². The van der Waals surface area contributed by atoms with E-state index in [-0.39, 0.29) is 0 Å². The SMILES string of the molecule is CCn1c(SCc2csc(Nc3ccccc3)n2)nnc1-c1ccccc1OC. The summed E-state index contributed by atoms with van der Waals surface area (Å²) in [5, 5.41) is 16.0. The van der Waals surface area contributed by atoms with Gasteiger partial charge in [-0.15, -0.1) is 21.5 Å². The molecule has 2 heterocycles. The molecular weight excluding hydrogens is 402 g/mol. The van der Waals surface area contributed by atoms with Gasteiger partial charge >= 0.3 is 0 Å². The first-order valence-corrected chi connectivity index (χ1v) is 11.1. The van der Waals surface area contributed by atoms with Crippen LogP contribution in [-0.4, -0.2) is 26.9 Å². The van der Waals surface area contributed by atoms with Gasteiger partial charge < -0.3 is 14.6 Å². The van der Waals surface area contributed by atoms with Gasteiger partial charge in [-0.2, -0.15) is 0 Å². The average Bonchev–Trinajstić information content (AvgIpc) is 3.39. The van der Waals surface area contributed by atoms with Gasteiger partial charge in [0.05, 0.1) is 18.4 Å². The molecule has 8 heteroatoms. The molecule has 0 atom stereocenters. The van der Waals surface area contributed by atoms with Crippen molar-refractivity contribution in [2.45, 2.75) is 24.4 Å². The van der Waals surface area contributed by atoms with Crippen molar-refractivity contribution in [1.29, 1.82) is 0 Å². The lowest BCUT2D eigenvalue weighted by molar-refractivity contribution is 0.416. The van der Waals surface area contributed by atoms with E-state index in [0.29, 0.717) is 0 Å². The van der Waals surface area contributed by atoms with Gasteiger partial charge in [-0.05, 0) is 31.2 Å². The van der Waals surface area contributed by atoms with Crippen molar-refractivity contribution in [1.82, 2.24) is 19.7 Å². The number of nitrogens with one attached hydrogen (secondary N) is 1. The second kappa shape index (κ2) is 9.11. The Kier molecular flexibility index (Phi) is 6.12. The minimum Gasteiger partial charge on any atom is -0.496 e. The van der Waals surface area contributed by atoms with Crippen LogP contribution in [0.25, 0.3) is 11.4 Å². The highest BCUT2D eigenvalue weighted by Crippen LogP contribution is 2.32. The number of hydrogen-bond acceptors (Lipinski definition) is 7. The van der Waals surface area contributed by atoms with Gasteiger partial charge in [0.2, 0.25) is 0 Å². The highest BCUT2D eigenvalue weighted by atomic mass is 32.2. The molecule has 6 nitrogen and oxygen atoms in total. The number of ether oxygens (including phenoxy) is 1. The maximum Gasteiger partial charge on any atom is 0.191 e. The summed E-state index contributed by atoms with van der Waals surface area (Å²) in [6.45, 7) is 2.87. The number of benzene rings is 2. The molecule has 4 rings (SSSR count). The van der Waals surface area contributed by atoms with Gasteiger partial charge in [0.1, 0.15) is 5.75 Å². The lowest BCUT2D eigenvalue weighted by atomic mass is 10.2. The van der Waals surface area contributed by atoms with Crippen LogP contribution in [0.3, 0.4) is 0 Å². The molecule has 0 fully saturated rings. The van der Waals surface area contributed by atoms with Crippen LogP contribution in [0.1, 0.15) is 12.6 Å². The molecule has 2 aromatic heterocycles. The van der Waals surface area contributed by atoms with Crippen LogP contribution in [0.15, 0.2) is 65.1 Å². The first-order chi connectivity index (χ1) is 14.3. The van der Waals surface area contributed by atoms with Crippen LogP contribution in [0.5, 0.6) is 5.75 Å². The summed E-state index contributed by atoms with van der Waals surface area (Å²) in [5.74, 6) is 2.34. The molecule has 0 radical (unpaired) electrons. The molecule has 29 heavy (non-hydrogen) atoms. The van der Waals surface area contributed by atoms with Crippen molar-refractivity contribution in [2.24, 2.45) is 0 Å². The second-order valence-electron chi connectivity index (χ2n) is 6.17. The van der Waals surface area contributed by atoms with E-state index < -0.39 is 0 Å². The molecule has 1 N–H and O–H groups in total. The second-order valence-corrected chi connectivity index (χ2v) is 7.98. The van der Waals surface area contributed by atoms with E-state index in [9.17, 15) is 0 Å². The minimum atomic E-state index is 0.733. The van der Waals surface area contributed by atoms with Crippen LogP contribution >= 0.6 is 23.1 Å². The number of nitrogens with zero attached hydrogens (tertiary/aromatic N) is 4. The summed E-state index contributed by atoms with van der Waals surface area (Å²) < 4.78 is 7.60. The Balaban J connectivity index is 1.47. The fourth-order valence-corrected chi connectivity index (χ4v) is 4.65. The number of thiazole rings is 1. The Bertz CT molecular complexity index is 1080. The molecule has 148 valence electrons. The minimum absolute atomic E-state index is 0.733. The number of hydrogen-bond donors (Lipinski definition) is 1. The van der Waals surface area contributed by atoms with Gasteiger partial charge in [-0.1, -0.05) is 42.1 Å². The summed E-state index contributed by atoms with van der Waals surface area (Å²) in [4.78, 5) is 4.68. The molecule has 0 saturated carbocycles. The zero-order valence-electron chi connectivity index (χ0n) is 16.2. The van der Waals surface area contributed by atoms with E-state index in [4.69, 9.17) is 4.74 Å². The molecule has 0 saturated heterocycles. The third kappa shape index (κ3) is 4.44. The van der Waals surface area contributed by atoms with Gasteiger partial charge in [-0.25, -0.2) is 4.98 Å². The Morgan fingerprint density at radius 2 is 1.86 bits per heavy atom. The zero-order valence-corrected chi connectivity index (χ0v) is 17.8. The predicted molar refractivity (Wildman–Crippen MR) is 119 cm³/mol. The summed E-state index contributed by atoms with van der Waals surface area (Å²) >= 11 is 3.24. The number of aromatic nitrogens is 4. The van der Waals surface area contributed by atoms with Crippen molar-refractivity contribution in [2.75, 3.05) is 12.4 Å². The number of methoxy groups -OCH3 is 1. The van der Waals surface area contributed by atoms with E-state index in [1.54, 1.807) is 30.2 Å². The summed E-state index contributed by atoms with van der Waals surface area (Å²) in [6.07, 6.45) is 0. The molecule has 0 aliphatic rings. The Hall–Kier alpha value is -2.84. The maximum atomic E-state index is 5.49. The molecule has 0 aliphatic carbocycles. The van der Waals surface area contributed by atoms with Crippen LogP contribution in [0.4, 0.5) is 10.8 Å². The first kappa shape index (κ1) is 19.5. The highest BCUT2D eigenvalue weighted by Gasteiger charge is 2.16. The number of para-hydroxylation sites is 2. The lowest BCUT2D eigenvalue weighted by Gasteiger charge is -2.10.